The Morgan fingerprint density at radius 1 is 0.846 bits per heavy atom. The Morgan fingerprint density at radius 2 is 1.42 bits per heavy atom. The molecule has 2 N–H and O–H groups in total. The van der Waals surface area contributed by atoms with Crippen molar-refractivity contribution in [3.8, 4) is 0 Å². The number of hydrogen-bond acceptors (Lipinski definition) is 2. The molecule has 0 fully saturated rings. The van der Waals surface area contributed by atoms with Crippen molar-refractivity contribution in [2.24, 2.45) is 0 Å². The van der Waals surface area contributed by atoms with Crippen molar-refractivity contribution in [2.75, 3.05) is 11.9 Å². The number of rotatable bonds is 5. The van der Waals surface area contributed by atoms with Gasteiger partial charge in [-0.3, -0.25) is 0 Å². The Bertz CT molecular complexity index is 1000. The van der Waals surface area contributed by atoms with Gasteiger partial charge in [-0.15, -0.1) is 0 Å². The summed E-state index contributed by atoms with van der Waals surface area (Å²) in [7, 11) is 0. The first-order valence-electron chi connectivity index (χ1n) is 8.46. The Kier molecular flexibility index (Phi) is 5.02. The van der Waals surface area contributed by atoms with E-state index in [4.69, 9.17) is 0 Å². The molecular formula is C21H18Br2N2O. The molecule has 26 heavy (non-hydrogen) atoms. The van der Waals surface area contributed by atoms with Crippen LogP contribution < -0.4 is 5.32 Å². The maximum atomic E-state index is 10.6. The molecule has 1 aromatic heterocycles. The molecule has 0 spiro atoms. The van der Waals surface area contributed by atoms with Gasteiger partial charge in [0.05, 0.1) is 12.6 Å². The van der Waals surface area contributed by atoms with Gasteiger partial charge in [0.2, 0.25) is 0 Å². The molecule has 0 bridgehead atoms. The molecule has 132 valence electrons. The van der Waals surface area contributed by atoms with Crippen LogP contribution in [0.2, 0.25) is 0 Å². The van der Waals surface area contributed by atoms with Crippen molar-refractivity contribution in [3.63, 3.8) is 0 Å². The lowest BCUT2D eigenvalue weighted by Crippen LogP contribution is -2.24. The first-order valence-corrected chi connectivity index (χ1v) is 10.0. The van der Waals surface area contributed by atoms with Crippen LogP contribution in [0.5, 0.6) is 0 Å². The quantitative estimate of drug-likeness (QED) is 0.384. The number of hydrogen-bond donors (Lipinski definition) is 2. The van der Waals surface area contributed by atoms with Gasteiger partial charge < -0.3 is 15.0 Å². The standard InChI is InChI=1S/C21H18Br2N2O/c22-14-6-8-20-18(10-14)19-11-15(23)7-9-21(19)25(20)13-17(26)12-24-16-4-2-1-3-5-16/h1-11,17,24,26H,12-13H2/t17-/m0/s1. The molecule has 0 aliphatic carbocycles. The monoisotopic (exact) mass is 472 g/mol. The fraction of sp³-hybridized carbons (Fsp3) is 0.143. The number of halogens is 2. The van der Waals surface area contributed by atoms with E-state index >= 15 is 0 Å². The average molecular weight is 474 g/mol. The van der Waals surface area contributed by atoms with Crippen molar-refractivity contribution < 1.29 is 5.11 Å². The molecule has 0 aliphatic rings. The summed E-state index contributed by atoms with van der Waals surface area (Å²) in [5, 5.41) is 16.3. The molecule has 0 radical (unpaired) electrons. The van der Waals surface area contributed by atoms with E-state index < -0.39 is 6.10 Å². The number of benzene rings is 3. The van der Waals surface area contributed by atoms with Crippen molar-refractivity contribution in [3.05, 3.63) is 75.7 Å². The zero-order chi connectivity index (χ0) is 18.1. The van der Waals surface area contributed by atoms with Crippen molar-refractivity contribution in [2.45, 2.75) is 12.6 Å². The topological polar surface area (TPSA) is 37.2 Å². The Morgan fingerprint density at radius 3 is 2.00 bits per heavy atom. The van der Waals surface area contributed by atoms with Crippen molar-refractivity contribution in [1.29, 1.82) is 0 Å². The summed E-state index contributed by atoms with van der Waals surface area (Å²) in [5.74, 6) is 0. The average Bonchev–Trinajstić information content (AvgIpc) is 2.93. The van der Waals surface area contributed by atoms with Gasteiger partial charge in [0.25, 0.3) is 0 Å². The summed E-state index contributed by atoms with van der Waals surface area (Å²) in [6.45, 7) is 1.03. The summed E-state index contributed by atoms with van der Waals surface area (Å²) in [6, 6.07) is 22.5. The maximum Gasteiger partial charge on any atom is 0.0891 e. The van der Waals surface area contributed by atoms with Gasteiger partial charge in [0, 0.05) is 43.0 Å². The van der Waals surface area contributed by atoms with E-state index in [2.05, 4.69) is 66.0 Å². The zero-order valence-electron chi connectivity index (χ0n) is 14.0. The third-order valence-electron chi connectivity index (χ3n) is 4.50. The maximum absolute atomic E-state index is 10.6. The second-order valence-corrected chi connectivity index (χ2v) is 8.17. The van der Waals surface area contributed by atoms with Gasteiger partial charge in [-0.1, -0.05) is 50.1 Å². The number of nitrogens with one attached hydrogen (secondary N) is 1. The number of para-hydroxylation sites is 1. The van der Waals surface area contributed by atoms with Gasteiger partial charge in [-0.25, -0.2) is 0 Å². The molecule has 0 amide bonds. The Hall–Kier alpha value is -1.82. The number of nitrogens with zero attached hydrogens (tertiary/aromatic N) is 1. The second kappa shape index (κ2) is 7.43. The van der Waals surface area contributed by atoms with E-state index in [0.29, 0.717) is 13.1 Å². The SMILES string of the molecule is O[C@@H](CNc1ccccc1)Cn1c2ccc(Br)cc2c2cc(Br)ccc21. The van der Waals surface area contributed by atoms with Crippen LogP contribution in [-0.4, -0.2) is 22.3 Å². The van der Waals surface area contributed by atoms with Crippen LogP contribution in [0.15, 0.2) is 75.7 Å². The predicted octanol–water partition coefficient (Wildman–Crippen LogP) is 5.79. The van der Waals surface area contributed by atoms with Gasteiger partial charge in [-0.2, -0.15) is 0 Å². The first-order chi connectivity index (χ1) is 12.6. The predicted molar refractivity (Wildman–Crippen MR) is 116 cm³/mol. The van der Waals surface area contributed by atoms with Crippen molar-refractivity contribution in [1.82, 2.24) is 4.57 Å². The number of aliphatic hydroxyl groups is 1. The Balaban J connectivity index is 1.66. The minimum absolute atomic E-state index is 0.498. The fourth-order valence-corrected chi connectivity index (χ4v) is 4.03. The van der Waals surface area contributed by atoms with E-state index in [0.717, 1.165) is 25.7 Å². The lowest BCUT2D eigenvalue weighted by Gasteiger charge is -2.15. The largest absolute Gasteiger partial charge is 0.389 e. The van der Waals surface area contributed by atoms with Gasteiger partial charge >= 0.3 is 0 Å². The number of aliphatic hydroxyl groups excluding tert-OH is 1. The van der Waals surface area contributed by atoms with E-state index in [1.165, 1.54) is 10.8 Å². The lowest BCUT2D eigenvalue weighted by atomic mass is 10.2. The highest BCUT2D eigenvalue weighted by Crippen LogP contribution is 2.33. The van der Waals surface area contributed by atoms with Crippen LogP contribution in [0.1, 0.15) is 0 Å². The molecule has 1 atom stereocenters. The molecule has 0 saturated heterocycles. The minimum atomic E-state index is -0.499. The summed E-state index contributed by atoms with van der Waals surface area (Å²) < 4.78 is 4.30. The van der Waals surface area contributed by atoms with Crippen molar-refractivity contribution >= 4 is 59.4 Å². The number of aromatic nitrogens is 1. The summed E-state index contributed by atoms with van der Waals surface area (Å²) in [4.78, 5) is 0. The third-order valence-corrected chi connectivity index (χ3v) is 5.48. The third kappa shape index (κ3) is 3.52. The van der Waals surface area contributed by atoms with Gasteiger partial charge in [-0.05, 0) is 48.5 Å². The minimum Gasteiger partial charge on any atom is -0.389 e. The highest BCUT2D eigenvalue weighted by molar-refractivity contribution is 9.10. The van der Waals surface area contributed by atoms with E-state index in [-0.39, 0.29) is 0 Å². The molecule has 3 aromatic carbocycles. The summed E-state index contributed by atoms with van der Waals surface area (Å²) in [5.41, 5.74) is 3.27. The number of anilines is 1. The van der Waals surface area contributed by atoms with Crippen LogP contribution in [0, 0.1) is 0 Å². The van der Waals surface area contributed by atoms with Gasteiger partial charge in [0.1, 0.15) is 0 Å². The van der Waals surface area contributed by atoms with Crippen LogP contribution in [0.25, 0.3) is 21.8 Å². The summed E-state index contributed by atoms with van der Waals surface area (Å²) >= 11 is 7.13. The molecule has 0 saturated carbocycles. The van der Waals surface area contributed by atoms with Gasteiger partial charge in [0.15, 0.2) is 0 Å². The van der Waals surface area contributed by atoms with Crippen LogP contribution >= 0.6 is 31.9 Å². The lowest BCUT2D eigenvalue weighted by molar-refractivity contribution is 0.169. The van der Waals surface area contributed by atoms with Crippen LogP contribution in [0.3, 0.4) is 0 Å². The van der Waals surface area contributed by atoms with Crippen LogP contribution in [0.4, 0.5) is 5.69 Å². The van der Waals surface area contributed by atoms with E-state index in [1.807, 2.05) is 42.5 Å². The number of fused-ring (bicyclic) bond motifs is 3. The molecule has 5 heteroatoms. The highest BCUT2D eigenvalue weighted by Gasteiger charge is 2.14. The normalized spacial score (nSPS) is 12.6. The van der Waals surface area contributed by atoms with Crippen LogP contribution in [-0.2, 0) is 6.54 Å². The molecule has 3 nitrogen and oxygen atoms in total. The fourth-order valence-electron chi connectivity index (χ4n) is 3.31. The molecule has 0 aliphatic heterocycles. The Labute approximate surface area is 168 Å². The molecule has 1 heterocycles. The highest BCUT2D eigenvalue weighted by atomic mass is 79.9. The zero-order valence-corrected chi connectivity index (χ0v) is 17.2. The van der Waals surface area contributed by atoms with E-state index in [9.17, 15) is 5.11 Å². The molecule has 0 unspecified atom stereocenters. The molecule has 4 aromatic rings. The molecular weight excluding hydrogens is 456 g/mol. The smallest absolute Gasteiger partial charge is 0.0891 e. The second-order valence-electron chi connectivity index (χ2n) is 6.33. The summed E-state index contributed by atoms with van der Waals surface area (Å²) in [6.07, 6.45) is -0.499. The molecule has 4 rings (SSSR count). The first kappa shape index (κ1) is 17.6. The van der Waals surface area contributed by atoms with E-state index in [1.54, 1.807) is 0 Å².